The molecule has 1 N–H and O–H groups in total. The van der Waals surface area contributed by atoms with Crippen LogP contribution in [0.2, 0.25) is 0 Å². The van der Waals surface area contributed by atoms with Crippen molar-refractivity contribution in [3.8, 4) is 0 Å². The molecular weight excluding hydrogens is 258 g/mol. The maximum absolute atomic E-state index is 3.41. The van der Waals surface area contributed by atoms with Gasteiger partial charge in [0, 0.05) is 32.7 Å². The molecule has 0 aromatic carbocycles. The van der Waals surface area contributed by atoms with Crippen LogP contribution in [0.3, 0.4) is 0 Å². The van der Waals surface area contributed by atoms with Gasteiger partial charge in [0.1, 0.15) is 0 Å². The van der Waals surface area contributed by atoms with Gasteiger partial charge in [0.25, 0.3) is 0 Å². The molecule has 0 aromatic heterocycles. The molecule has 3 heteroatoms. The van der Waals surface area contributed by atoms with E-state index in [9.17, 15) is 0 Å². The minimum Gasteiger partial charge on any atom is -0.314 e. The van der Waals surface area contributed by atoms with Crippen LogP contribution in [-0.4, -0.2) is 62.7 Å². The molecule has 0 spiro atoms. The van der Waals surface area contributed by atoms with Gasteiger partial charge in [-0.05, 0) is 38.9 Å². The smallest absolute Gasteiger partial charge is 0.0107 e. The SMILES string of the molecule is CC.CCCCC.CN1CCC(CN2CCNCC2)CC1. The highest BCUT2D eigenvalue weighted by Crippen LogP contribution is 2.17. The number of unbranched alkanes of at least 4 members (excludes halogenated alkanes) is 2. The first-order valence-corrected chi connectivity index (χ1v) is 9.37. The van der Waals surface area contributed by atoms with E-state index in [1.165, 1.54) is 77.9 Å². The van der Waals surface area contributed by atoms with Gasteiger partial charge in [-0.15, -0.1) is 0 Å². The number of rotatable bonds is 4. The first-order valence-electron chi connectivity index (χ1n) is 9.37. The van der Waals surface area contributed by atoms with Crippen molar-refractivity contribution in [2.75, 3.05) is 52.9 Å². The van der Waals surface area contributed by atoms with Crippen molar-refractivity contribution in [3.05, 3.63) is 0 Å². The van der Waals surface area contributed by atoms with E-state index in [1.54, 1.807) is 0 Å². The Labute approximate surface area is 134 Å². The highest BCUT2D eigenvalue weighted by Gasteiger charge is 2.20. The zero-order chi connectivity index (χ0) is 15.9. The van der Waals surface area contributed by atoms with Gasteiger partial charge in [0.15, 0.2) is 0 Å². The summed E-state index contributed by atoms with van der Waals surface area (Å²) >= 11 is 0. The van der Waals surface area contributed by atoms with E-state index < -0.39 is 0 Å². The van der Waals surface area contributed by atoms with Gasteiger partial charge in [-0.25, -0.2) is 0 Å². The van der Waals surface area contributed by atoms with E-state index >= 15 is 0 Å². The van der Waals surface area contributed by atoms with Crippen molar-refractivity contribution in [2.45, 2.75) is 59.8 Å². The second-order valence-electron chi connectivity index (χ2n) is 6.15. The molecule has 0 aliphatic carbocycles. The van der Waals surface area contributed by atoms with Gasteiger partial charge in [-0.3, -0.25) is 0 Å². The molecule has 2 aliphatic heterocycles. The lowest BCUT2D eigenvalue weighted by atomic mass is 9.96. The molecule has 0 atom stereocenters. The zero-order valence-corrected chi connectivity index (χ0v) is 15.5. The number of nitrogens with one attached hydrogen (secondary N) is 1. The van der Waals surface area contributed by atoms with E-state index in [4.69, 9.17) is 0 Å². The third-order valence-electron chi connectivity index (χ3n) is 4.27. The van der Waals surface area contributed by atoms with Crippen LogP contribution >= 0.6 is 0 Å². The van der Waals surface area contributed by atoms with Gasteiger partial charge in [0.05, 0.1) is 0 Å². The van der Waals surface area contributed by atoms with Gasteiger partial charge in [0.2, 0.25) is 0 Å². The predicted molar refractivity (Wildman–Crippen MR) is 96.1 cm³/mol. The van der Waals surface area contributed by atoms with Crippen LogP contribution in [-0.2, 0) is 0 Å². The fourth-order valence-electron chi connectivity index (χ4n) is 2.86. The quantitative estimate of drug-likeness (QED) is 0.857. The Hall–Kier alpha value is -0.120. The number of hydrogen-bond acceptors (Lipinski definition) is 3. The fraction of sp³-hybridized carbons (Fsp3) is 1.00. The Morgan fingerprint density at radius 3 is 1.86 bits per heavy atom. The Balaban J connectivity index is 0.000000489. The summed E-state index contributed by atoms with van der Waals surface area (Å²) in [5, 5.41) is 3.41. The van der Waals surface area contributed by atoms with Crippen molar-refractivity contribution in [3.63, 3.8) is 0 Å². The second kappa shape index (κ2) is 14.8. The normalized spacial score (nSPS) is 21.0. The Bertz CT molecular complexity index is 193. The molecule has 0 bridgehead atoms. The third-order valence-corrected chi connectivity index (χ3v) is 4.27. The number of likely N-dealkylation sites (tertiary alicyclic amines) is 1. The molecular formula is C18H41N3. The maximum Gasteiger partial charge on any atom is 0.0107 e. The van der Waals surface area contributed by atoms with Crippen LogP contribution in [0.15, 0.2) is 0 Å². The van der Waals surface area contributed by atoms with E-state index in [1.807, 2.05) is 13.8 Å². The van der Waals surface area contributed by atoms with E-state index in [-0.39, 0.29) is 0 Å². The predicted octanol–water partition coefficient (Wildman–Crippen LogP) is 3.46. The lowest BCUT2D eigenvalue weighted by Gasteiger charge is -2.34. The Morgan fingerprint density at radius 1 is 0.905 bits per heavy atom. The number of piperazine rings is 1. The molecule has 128 valence electrons. The Morgan fingerprint density at radius 2 is 1.43 bits per heavy atom. The van der Waals surface area contributed by atoms with Crippen LogP contribution in [0.4, 0.5) is 0 Å². The Kier molecular flexibility index (Phi) is 14.7. The number of hydrogen-bond donors (Lipinski definition) is 1. The third kappa shape index (κ3) is 11.1. The molecule has 2 aliphatic rings. The monoisotopic (exact) mass is 299 g/mol. The minimum absolute atomic E-state index is 0.962. The molecule has 2 fully saturated rings. The van der Waals surface area contributed by atoms with Crippen molar-refractivity contribution in [1.82, 2.24) is 15.1 Å². The van der Waals surface area contributed by atoms with Crippen molar-refractivity contribution in [2.24, 2.45) is 5.92 Å². The molecule has 21 heavy (non-hydrogen) atoms. The second-order valence-corrected chi connectivity index (χ2v) is 6.15. The summed E-state index contributed by atoms with van der Waals surface area (Å²) < 4.78 is 0. The summed E-state index contributed by atoms with van der Waals surface area (Å²) in [7, 11) is 2.24. The molecule has 2 saturated heterocycles. The average Bonchev–Trinajstić information content (AvgIpc) is 2.54. The van der Waals surface area contributed by atoms with E-state index in [0.29, 0.717) is 0 Å². The highest BCUT2D eigenvalue weighted by atomic mass is 15.2. The molecule has 2 heterocycles. The lowest BCUT2D eigenvalue weighted by molar-refractivity contribution is 0.150. The van der Waals surface area contributed by atoms with E-state index in [2.05, 4.69) is 36.0 Å². The highest BCUT2D eigenvalue weighted by molar-refractivity contribution is 4.76. The average molecular weight is 300 g/mol. The standard InChI is InChI=1S/C11H23N3.C5H12.C2H6/c1-13-6-2-11(3-7-13)10-14-8-4-12-5-9-14;1-3-5-4-2;1-2/h11-12H,2-10H2,1H3;3-5H2,1-2H3;1-2H3. The summed E-state index contributed by atoms with van der Waals surface area (Å²) in [5.74, 6) is 0.962. The molecule has 0 saturated carbocycles. The molecule has 0 unspecified atom stereocenters. The lowest BCUT2D eigenvalue weighted by Crippen LogP contribution is -2.46. The van der Waals surface area contributed by atoms with Crippen molar-refractivity contribution >= 4 is 0 Å². The summed E-state index contributed by atoms with van der Waals surface area (Å²) in [6.07, 6.45) is 6.88. The van der Waals surface area contributed by atoms with Crippen LogP contribution in [0, 0.1) is 5.92 Å². The maximum atomic E-state index is 3.41. The molecule has 0 amide bonds. The topological polar surface area (TPSA) is 18.5 Å². The van der Waals surface area contributed by atoms with E-state index in [0.717, 1.165) is 5.92 Å². The summed E-state index contributed by atoms with van der Waals surface area (Å²) in [6, 6.07) is 0. The first kappa shape index (κ1) is 20.9. The largest absolute Gasteiger partial charge is 0.314 e. The van der Waals surface area contributed by atoms with Crippen molar-refractivity contribution < 1.29 is 0 Å². The molecule has 2 rings (SSSR count). The number of nitrogens with zero attached hydrogens (tertiary/aromatic N) is 2. The van der Waals surface area contributed by atoms with Gasteiger partial charge in [-0.2, -0.15) is 0 Å². The minimum atomic E-state index is 0.962. The first-order chi connectivity index (χ1) is 10.3. The zero-order valence-electron chi connectivity index (χ0n) is 15.5. The van der Waals surface area contributed by atoms with Crippen molar-refractivity contribution in [1.29, 1.82) is 0 Å². The van der Waals surface area contributed by atoms with Crippen LogP contribution < -0.4 is 5.32 Å². The van der Waals surface area contributed by atoms with Crippen LogP contribution in [0.5, 0.6) is 0 Å². The molecule has 0 radical (unpaired) electrons. The molecule has 0 aromatic rings. The summed E-state index contributed by atoms with van der Waals surface area (Å²) in [6.45, 7) is 17.3. The summed E-state index contributed by atoms with van der Waals surface area (Å²) in [5.41, 5.74) is 0. The van der Waals surface area contributed by atoms with Crippen LogP contribution in [0.1, 0.15) is 59.8 Å². The van der Waals surface area contributed by atoms with Gasteiger partial charge < -0.3 is 15.1 Å². The summed E-state index contributed by atoms with van der Waals surface area (Å²) in [4.78, 5) is 5.08. The van der Waals surface area contributed by atoms with Crippen LogP contribution in [0.25, 0.3) is 0 Å². The molecule has 3 nitrogen and oxygen atoms in total. The van der Waals surface area contributed by atoms with Gasteiger partial charge in [-0.1, -0.05) is 47.0 Å². The fourth-order valence-corrected chi connectivity index (χ4v) is 2.86. The van der Waals surface area contributed by atoms with Gasteiger partial charge >= 0.3 is 0 Å². The number of piperidine rings is 1.